The molecule has 8 heteroatoms. The molecule has 3 rings (SSSR count). The van der Waals surface area contributed by atoms with Crippen molar-refractivity contribution in [2.75, 3.05) is 13.7 Å². The fourth-order valence-electron chi connectivity index (χ4n) is 3.06. The maximum atomic E-state index is 5.88. The van der Waals surface area contributed by atoms with E-state index in [0.29, 0.717) is 19.7 Å². The van der Waals surface area contributed by atoms with E-state index in [4.69, 9.17) is 9.47 Å². The van der Waals surface area contributed by atoms with Crippen molar-refractivity contribution in [1.82, 2.24) is 20.4 Å². The zero-order chi connectivity index (χ0) is 18.5. The van der Waals surface area contributed by atoms with Gasteiger partial charge in [0.15, 0.2) is 5.96 Å². The topological polar surface area (TPSA) is 72.7 Å². The number of guanidine groups is 1. The van der Waals surface area contributed by atoms with Crippen molar-refractivity contribution < 1.29 is 9.47 Å². The lowest BCUT2D eigenvalue weighted by molar-refractivity contribution is 0.254. The molecular formula is C19H28IN5O2. The second kappa shape index (κ2) is 9.82. The molecule has 0 spiro atoms. The zero-order valence-electron chi connectivity index (χ0n) is 16.3. The van der Waals surface area contributed by atoms with Crippen molar-refractivity contribution in [2.24, 2.45) is 12.0 Å². The van der Waals surface area contributed by atoms with Crippen LogP contribution in [0.15, 0.2) is 29.5 Å². The average molecular weight is 485 g/mol. The molecular weight excluding hydrogens is 457 g/mol. The SMILES string of the molecule is CCOc1cc2c(cc1CNC(=NC)NCc1cnn(C)c1)OC(C)C2.I. The Morgan fingerprint density at radius 3 is 2.81 bits per heavy atom. The van der Waals surface area contributed by atoms with Crippen LogP contribution in [0, 0.1) is 0 Å². The summed E-state index contributed by atoms with van der Waals surface area (Å²) >= 11 is 0. The second-order valence-electron chi connectivity index (χ2n) is 6.43. The van der Waals surface area contributed by atoms with Gasteiger partial charge in [0.1, 0.15) is 17.6 Å². The summed E-state index contributed by atoms with van der Waals surface area (Å²) in [5.41, 5.74) is 3.37. The van der Waals surface area contributed by atoms with E-state index in [0.717, 1.165) is 35.0 Å². The normalized spacial score (nSPS) is 15.6. The summed E-state index contributed by atoms with van der Waals surface area (Å²) in [6, 6.07) is 4.18. The summed E-state index contributed by atoms with van der Waals surface area (Å²) in [6.07, 6.45) is 4.97. The van der Waals surface area contributed by atoms with Crippen molar-refractivity contribution in [2.45, 2.75) is 39.5 Å². The first-order chi connectivity index (χ1) is 12.6. The van der Waals surface area contributed by atoms with E-state index in [-0.39, 0.29) is 30.1 Å². The Kier molecular flexibility index (Phi) is 7.76. The third-order valence-corrected chi connectivity index (χ3v) is 4.27. The zero-order valence-corrected chi connectivity index (χ0v) is 18.6. The monoisotopic (exact) mass is 485 g/mol. The third kappa shape index (κ3) is 5.50. The number of rotatable bonds is 6. The minimum atomic E-state index is 0. The van der Waals surface area contributed by atoms with E-state index in [1.54, 1.807) is 11.7 Å². The summed E-state index contributed by atoms with van der Waals surface area (Å²) in [4.78, 5) is 4.28. The fourth-order valence-corrected chi connectivity index (χ4v) is 3.06. The van der Waals surface area contributed by atoms with Gasteiger partial charge in [-0.1, -0.05) is 0 Å². The van der Waals surface area contributed by atoms with Crippen LogP contribution >= 0.6 is 24.0 Å². The first-order valence-corrected chi connectivity index (χ1v) is 8.96. The van der Waals surface area contributed by atoms with Gasteiger partial charge >= 0.3 is 0 Å². The molecule has 1 atom stereocenters. The van der Waals surface area contributed by atoms with Gasteiger partial charge in [-0.3, -0.25) is 9.67 Å². The highest BCUT2D eigenvalue weighted by molar-refractivity contribution is 14.0. The van der Waals surface area contributed by atoms with Crippen LogP contribution in [0.5, 0.6) is 11.5 Å². The Hall–Kier alpha value is -1.97. The molecule has 1 unspecified atom stereocenters. The van der Waals surface area contributed by atoms with Gasteiger partial charge in [0.25, 0.3) is 0 Å². The molecule has 148 valence electrons. The summed E-state index contributed by atoms with van der Waals surface area (Å²) in [7, 11) is 3.66. The Morgan fingerprint density at radius 2 is 2.15 bits per heavy atom. The number of ether oxygens (including phenoxy) is 2. The van der Waals surface area contributed by atoms with Crippen LogP contribution in [0.25, 0.3) is 0 Å². The average Bonchev–Trinajstić information content (AvgIpc) is 3.19. The van der Waals surface area contributed by atoms with Crippen LogP contribution in [-0.4, -0.2) is 35.5 Å². The van der Waals surface area contributed by atoms with Crippen LogP contribution in [-0.2, 0) is 26.6 Å². The fraction of sp³-hybridized carbons (Fsp3) is 0.474. The molecule has 27 heavy (non-hydrogen) atoms. The quantitative estimate of drug-likeness (QED) is 0.374. The van der Waals surface area contributed by atoms with Crippen molar-refractivity contribution in [1.29, 1.82) is 0 Å². The molecule has 1 aliphatic heterocycles. The Morgan fingerprint density at radius 1 is 1.37 bits per heavy atom. The minimum Gasteiger partial charge on any atom is -0.494 e. The molecule has 2 N–H and O–H groups in total. The molecule has 7 nitrogen and oxygen atoms in total. The number of aliphatic imine (C=N–C) groups is 1. The van der Waals surface area contributed by atoms with Gasteiger partial charge in [-0.2, -0.15) is 5.10 Å². The van der Waals surface area contributed by atoms with Gasteiger partial charge < -0.3 is 20.1 Å². The molecule has 0 bridgehead atoms. The van der Waals surface area contributed by atoms with E-state index in [1.165, 1.54) is 5.56 Å². The number of nitrogens with one attached hydrogen (secondary N) is 2. The van der Waals surface area contributed by atoms with Gasteiger partial charge in [0, 0.05) is 56.5 Å². The third-order valence-electron chi connectivity index (χ3n) is 4.27. The molecule has 0 radical (unpaired) electrons. The maximum Gasteiger partial charge on any atom is 0.191 e. The molecule has 2 aromatic rings. The van der Waals surface area contributed by atoms with Crippen LogP contribution in [0.3, 0.4) is 0 Å². The minimum absolute atomic E-state index is 0. The van der Waals surface area contributed by atoms with Crippen molar-refractivity contribution >= 4 is 29.9 Å². The standard InChI is InChI=1S/C19H27N5O2.HI/c1-5-25-17-7-15-6-13(2)26-18(15)8-16(17)11-22-19(20-3)21-9-14-10-23-24(4)12-14;/h7-8,10,12-13H,5-6,9,11H2,1-4H3,(H2,20,21,22);1H. The van der Waals surface area contributed by atoms with Crippen LogP contribution < -0.4 is 20.1 Å². The molecule has 2 heterocycles. The number of fused-ring (bicyclic) bond motifs is 1. The lowest BCUT2D eigenvalue weighted by Crippen LogP contribution is -2.36. The van der Waals surface area contributed by atoms with Gasteiger partial charge in [-0.15, -0.1) is 24.0 Å². The first-order valence-electron chi connectivity index (χ1n) is 8.96. The van der Waals surface area contributed by atoms with Crippen molar-refractivity contribution in [3.63, 3.8) is 0 Å². The number of halogens is 1. The van der Waals surface area contributed by atoms with Gasteiger partial charge in [0.05, 0.1) is 12.8 Å². The number of hydrogen-bond donors (Lipinski definition) is 2. The molecule has 1 aromatic carbocycles. The predicted molar refractivity (Wildman–Crippen MR) is 117 cm³/mol. The highest BCUT2D eigenvalue weighted by Crippen LogP contribution is 2.35. The summed E-state index contributed by atoms with van der Waals surface area (Å²) in [6.45, 7) is 5.99. The highest BCUT2D eigenvalue weighted by Gasteiger charge is 2.21. The largest absolute Gasteiger partial charge is 0.494 e. The smallest absolute Gasteiger partial charge is 0.191 e. The predicted octanol–water partition coefficient (Wildman–Crippen LogP) is 2.63. The Balaban J connectivity index is 0.00000261. The molecule has 0 aliphatic carbocycles. The molecule has 0 amide bonds. The Labute approximate surface area is 177 Å². The maximum absolute atomic E-state index is 5.88. The molecule has 0 saturated heterocycles. The van der Waals surface area contributed by atoms with E-state index in [1.807, 2.05) is 26.4 Å². The van der Waals surface area contributed by atoms with Crippen molar-refractivity contribution in [3.05, 3.63) is 41.2 Å². The molecule has 0 saturated carbocycles. The number of aryl methyl sites for hydroxylation is 1. The lowest BCUT2D eigenvalue weighted by Gasteiger charge is -2.15. The van der Waals surface area contributed by atoms with Crippen molar-refractivity contribution in [3.8, 4) is 11.5 Å². The molecule has 1 aromatic heterocycles. The lowest BCUT2D eigenvalue weighted by atomic mass is 10.1. The van der Waals surface area contributed by atoms with E-state index >= 15 is 0 Å². The molecule has 1 aliphatic rings. The molecule has 0 fully saturated rings. The summed E-state index contributed by atoms with van der Waals surface area (Å²) < 4.78 is 13.5. The van der Waals surface area contributed by atoms with Crippen LogP contribution in [0.2, 0.25) is 0 Å². The second-order valence-corrected chi connectivity index (χ2v) is 6.43. The number of aromatic nitrogens is 2. The van der Waals surface area contributed by atoms with E-state index in [2.05, 4.69) is 39.8 Å². The van der Waals surface area contributed by atoms with Gasteiger partial charge in [0.2, 0.25) is 0 Å². The van der Waals surface area contributed by atoms with E-state index in [9.17, 15) is 0 Å². The number of hydrogen-bond acceptors (Lipinski definition) is 4. The first kappa shape index (κ1) is 21.3. The van der Waals surface area contributed by atoms with Gasteiger partial charge in [-0.05, 0) is 26.0 Å². The summed E-state index contributed by atoms with van der Waals surface area (Å²) in [5.74, 6) is 2.58. The van der Waals surface area contributed by atoms with Gasteiger partial charge in [-0.25, -0.2) is 0 Å². The van der Waals surface area contributed by atoms with Crippen LogP contribution in [0.1, 0.15) is 30.5 Å². The van der Waals surface area contributed by atoms with E-state index < -0.39 is 0 Å². The van der Waals surface area contributed by atoms with Crippen LogP contribution in [0.4, 0.5) is 0 Å². The number of nitrogens with zero attached hydrogens (tertiary/aromatic N) is 3. The number of benzene rings is 1. The highest BCUT2D eigenvalue weighted by atomic mass is 127. The Bertz CT molecular complexity index is 790. The summed E-state index contributed by atoms with van der Waals surface area (Å²) in [5, 5.41) is 10.8.